The number of nitrogens with zero attached hydrogens (tertiary/aromatic N) is 1. The Morgan fingerprint density at radius 2 is 1.04 bits per heavy atom. The van der Waals surface area contributed by atoms with Crippen LogP contribution in [0.3, 0.4) is 0 Å². The molecule has 3 heteroatoms. The molecule has 0 N–H and O–H groups in total. The fraction of sp³-hybridized carbons (Fsp3) is 0.960. The Labute approximate surface area is 189 Å². The fourth-order valence-corrected chi connectivity index (χ4v) is 5.26. The lowest BCUT2D eigenvalue weighted by Crippen LogP contribution is -2.50. The van der Waals surface area contributed by atoms with Gasteiger partial charge in [0.25, 0.3) is 0 Å². The highest BCUT2D eigenvalue weighted by atomic mass is 32.1. The van der Waals surface area contributed by atoms with E-state index in [-0.39, 0.29) is 0 Å². The predicted octanol–water partition coefficient (Wildman–Crippen LogP) is 9.01. The van der Waals surface area contributed by atoms with Gasteiger partial charge in [0.05, 0.1) is 25.9 Å². The molecule has 0 radical (unpaired) electrons. The van der Waals surface area contributed by atoms with Crippen LogP contribution in [-0.4, -0.2) is 22.0 Å². The number of hydrogen-bond donors (Lipinski definition) is 1. The van der Waals surface area contributed by atoms with Crippen LogP contribution in [0.25, 0.3) is 0 Å². The van der Waals surface area contributed by atoms with Crippen molar-refractivity contribution in [1.82, 2.24) is 0 Å². The molecule has 0 saturated carbocycles. The van der Waals surface area contributed by atoms with Gasteiger partial charge in [0.2, 0.25) is 0 Å². The molecule has 0 aromatic heterocycles. The first kappa shape index (κ1) is 28.4. The number of thiol groups is 1. The van der Waals surface area contributed by atoms with Crippen molar-refractivity contribution in [3.05, 3.63) is 0 Å². The van der Waals surface area contributed by atoms with Crippen LogP contribution >= 0.6 is 25.0 Å². The lowest BCUT2D eigenvalue weighted by molar-refractivity contribution is -0.704. The van der Waals surface area contributed by atoms with Gasteiger partial charge in [-0.05, 0) is 50.2 Å². The van der Waals surface area contributed by atoms with Gasteiger partial charge in [-0.1, -0.05) is 86.5 Å². The van der Waals surface area contributed by atoms with Gasteiger partial charge >= 0.3 is 0 Å². The minimum atomic E-state index is 0.739. The summed E-state index contributed by atoms with van der Waals surface area (Å²) in [6.07, 6.45) is 16.7. The van der Waals surface area contributed by atoms with Crippen molar-refractivity contribution in [3.63, 3.8) is 0 Å². The van der Waals surface area contributed by atoms with E-state index in [4.69, 9.17) is 25.0 Å². The van der Waals surface area contributed by atoms with Crippen molar-refractivity contribution in [2.75, 3.05) is 13.1 Å². The minimum absolute atomic E-state index is 0.739. The van der Waals surface area contributed by atoms with Gasteiger partial charge in [-0.2, -0.15) is 0 Å². The number of hydrogen-bond acceptors (Lipinski definition) is 2. The molecule has 0 fully saturated rings. The van der Waals surface area contributed by atoms with E-state index < -0.39 is 0 Å². The van der Waals surface area contributed by atoms with Gasteiger partial charge in [-0.25, -0.2) is 3.89 Å². The van der Waals surface area contributed by atoms with Crippen LogP contribution in [0, 0.1) is 17.8 Å². The van der Waals surface area contributed by atoms with Crippen molar-refractivity contribution in [2.24, 2.45) is 17.8 Å². The maximum absolute atomic E-state index is 6.14. The van der Waals surface area contributed by atoms with Crippen molar-refractivity contribution >= 4 is 30.0 Å². The molecule has 168 valence electrons. The second kappa shape index (κ2) is 17.1. The van der Waals surface area contributed by atoms with Crippen LogP contribution in [0.5, 0.6) is 0 Å². The molecular weight excluding hydrogens is 378 g/mol. The molecule has 0 saturated heterocycles. The van der Waals surface area contributed by atoms with Crippen molar-refractivity contribution in [3.8, 4) is 0 Å². The highest BCUT2D eigenvalue weighted by Crippen LogP contribution is 2.31. The van der Waals surface area contributed by atoms with Gasteiger partial charge < -0.3 is 0 Å². The standard InChI is InChI=1S/C25H52NS2/c1-7-13-16-22(10-4)19-25(27)26(28,20-23(11-5)17-14-8-2)21-24(12-6)18-15-9-3/h22-24,28H,7-21H2,1-6H3/q+1. The number of thiocarbonyl (C=S) groups is 1. The van der Waals surface area contributed by atoms with Crippen molar-refractivity contribution in [2.45, 2.75) is 125 Å². The zero-order valence-corrected chi connectivity index (χ0v) is 21.9. The molecule has 3 atom stereocenters. The number of rotatable bonds is 18. The first-order valence-corrected chi connectivity index (χ1v) is 13.3. The Morgan fingerprint density at radius 3 is 1.36 bits per heavy atom. The summed E-state index contributed by atoms with van der Waals surface area (Å²) < 4.78 is 0.752. The minimum Gasteiger partial charge on any atom is -0.226 e. The zero-order valence-electron chi connectivity index (χ0n) is 20.1. The summed E-state index contributed by atoms with van der Waals surface area (Å²) >= 11 is 11.5. The first-order chi connectivity index (χ1) is 13.4. The van der Waals surface area contributed by atoms with E-state index >= 15 is 0 Å². The van der Waals surface area contributed by atoms with Gasteiger partial charge in [0.1, 0.15) is 0 Å². The van der Waals surface area contributed by atoms with Gasteiger partial charge in [-0.15, -0.1) is 0 Å². The van der Waals surface area contributed by atoms with E-state index in [0.29, 0.717) is 0 Å². The molecule has 0 aliphatic rings. The molecule has 0 amide bonds. The monoisotopic (exact) mass is 430 g/mol. The fourth-order valence-electron chi connectivity index (χ4n) is 4.33. The maximum atomic E-state index is 6.14. The second-order valence-corrected chi connectivity index (χ2v) is 10.4. The van der Waals surface area contributed by atoms with Crippen molar-refractivity contribution in [1.29, 1.82) is 0 Å². The van der Waals surface area contributed by atoms with Crippen LogP contribution in [-0.2, 0) is 0 Å². The summed E-state index contributed by atoms with van der Waals surface area (Å²) in [6, 6.07) is 0. The highest BCUT2D eigenvalue weighted by molar-refractivity contribution is 7.82. The molecule has 0 spiro atoms. The Kier molecular flexibility index (Phi) is 17.4. The summed E-state index contributed by atoms with van der Waals surface area (Å²) in [5.41, 5.74) is 0. The molecule has 0 aromatic carbocycles. The topological polar surface area (TPSA) is 0 Å². The van der Waals surface area contributed by atoms with Gasteiger partial charge in [0, 0.05) is 18.3 Å². The molecule has 0 heterocycles. The molecule has 1 nitrogen and oxygen atoms in total. The molecular formula is C25H52NS2+. The molecule has 0 bridgehead atoms. The molecule has 3 unspecified atom stereocenters. The number of quaternary nitrogens is 1. The van der Waals surface area contributed by atoms with Crippen LogP contribution in [0.15, 0.2) is 0 Å². The van der Waals surface area contributed by atoms with E-state index in [0.717, 1.165) is 41.2 Å². The summed E-state index contributed by atoms with van der Waals surface area (Å²) in [7, 11) is 0. The predicted molar refractivity (Wildman–Crippen MR) is 136 cm³/mol. The smallest absolute Gasteiger partial charge is 0.185 e. The maximum Gasteiger partial charge on any atom is 0.185 e. The van der Waals surface area contributed by atoms with Crippen LogP contribution in [0.1, 0.15) is 125 Å². The summed E-state index contributed by atoms with van der Waals surface area (Å²) in [5.74, 6) is 2.23. The van der Waals surface area contributed by atoms with Crippen LogP contribution in [0.4, 0.5) is 0 Å². The lowest BCUT2D eigenvalue weighted by atomic mass is 9.93. The Bertz CT molecular complexity index is 365. The summed E-state index contributed by atoms with van der Waals surface area (Å²) in [4.78, 5) is 1.22. The van der Waals surface area contributed by atoms with Crippen molar-refractivity contribution < 1.29 is 3.89 Å². The molecule has 0 aliphatic carbocycles. The van der Waals surface area contributed by atoms with Gasteiger partial charge in [0.15, 0.2) is 4.99 Å². The summed E-state index contributed by atoms with van der Waals surface area (Å²) in [5, 5.41) is 0. The average molecular weight is 431 g/mol. The third-order valence-corrected chi connectivity index (χ3v) is 7.90. The zero-order chi connectivity index (χ0) is 21.4. The summed E-state index contributed by atoms with van der Waals surface area (Å²) in [6.45, 7) is 16.2. The van der Waals surface area contributed by atoms with Crippen LogP contribution < -0.4 is 0 Å². The van der Waals surface area contributed by atoms with Gasteiger partial charge in [-0.3, -0.25) is 0 Å². The van der Waals surface area contributed by atoms with E-state index in [9.17, 15) is 0 Å². The largest absolute Gasteiger partial charge is 0.226 e. The Morgan fingerprint density at radius 1 is 0.679 bits per heavy atom. The normalized spacial score (nSPS) is 17.1. The highest BCUT2D eigenvalue weighted by Gasteiger charge is 2.36. The molecule has 28 heavy (non-hydrogen) atoms. The lowest BCUT2D eigenvalue weighted by Gasteiger charge is -2.38. The SMILES string of the molecule is CCCCC(CC)CC(=S)[N+](S)(CC(CC)CCCC)CC(CC)CCCC. The first-order valence-electron chi connectivity index (χ1n) is 12.5. The average Bonchev–Trinajstić information content (AvgIpc) is 2.71. The number of unbranched alkanes of at least 4 members (excludes halogenated alkanes) is 3. The quantitative estimate of drug-likeness (QED) is 0.128. The third kappa shape index (κ3) is 11.6. The Hall–Kier alpha value is 0.400. The molecule has 0 aromatic rings. The van der Waals surface area contributed by atoms with E-state index in [1.54, 1.807) is 0 Å². The van der Waals surface area contributed by atoms with E-state index in [1.807, 2.05) is 0 Å². The third-order valence-electron chi connectivity index (χ3n) is 6.68. The van der Waals surface area contributed by atoms with Crippen LogP contribution in [0.2, 0.25) is 0 Å². The van der Waals surface area contributed by atoms with E-state index in [1.165, 1.54) is 82.0 Å². The molecule has 0 aliphatic heterocycles. The van der Waals surface area contributed by atoms with E-state index in [2.05, 4.69) is 41.5 Å². The molecule has 0 rings (SSSR count). The Balaban J connectivity index is 5.33. The second-order valence-electron chi connectivity index (χ2n) is 9.14.